The zero-order chi connectivity index (χ0) is 25.9. The highest BCUT2D eigenvalue weighted by Crippen LogP contribution is 2.32. The first kappa shape index (κ1) is 26.1. The number of sulfone groups is 1. The van der Waals surface area contributed by atoms with Crippen LogP contribution in [0.3, 0.4) is 0 Å². The summed E-state index contributed by atoms with van der Waals surface area (Å²) in [4.78, 5) is 19.6. The number of aryl methyl sites for hydroxylation is 1. The van der Waals surface area contributed by atoms with Gasteiger partial charge in [-0.3, -0.25) is 4.79 Å². The van der Waals surface area contributed by atoms with Crippen LogP contribution in [0.15, 0.2) is 66.0 Å². The maximum Gasteiger partial charge on any atom is 0.228 e. The normalized spacial score (nSPS) is 14.1. The molecule has 6 nitrogen and oxygen atoms in total. The summed E-state index contributed by atoms with van der Waals surface area (Å²) in [6.45, 7) is 9.61. The molecule has 36 heavy (non-hydrogen) atoms. The Labute approximate surface area is 215 Å². The van der Waals surface area contributed by atoms with Crippen molar-refractivity contribution in [2.24, 2.45) is 11.3 Å². The fraction of sp³-hybridized carbons (Fsp3) is 0.448. The summed E-state index contributed by atoms with van der Waals surface area (Å²) in [6.07, 6.45) is 4.36. The minimum absolute atomic E-state index is 0.0524. The number of hydrogen-bond acceptors (Lipinski definition) is 4. The fourth-order valence-corrected chi connectivity index (χ4v) is 5.79. The molecule has 0 unspecified atom stereocenters. The van der Waals surface area contributed by atoms with Crippen LogP contribution in [0.5, 0.6) is 0 Å². The summed E-state index contributed by atoms with van der Waals surface area (Å²) in [5, 5.41) is 0.0524. The van der Waals surface area contributed by atoms with Crippen molar-refractivity contribution in [3.8, 4) is 0 Å². The molecule has 0 atom stereocenters. The summed E-state index contributed by atoms with van der Waals surface area (Å²) in [6, 6.07) is 17.3. The van der Waals surface area contributed by atoms with Gasteiger partial charge in [-0.25, -0.2) is 13.4 Å². The zero-order valence-corrected chi connectivity index (χ0v) is 22.6. The van der Waals surface area contributed by atoms with Crippen LogP contribution in [-0.4, -0.2) is 35.3 Å². The van der Waals surface area contributed by atoms with Crippen molar-refractivity contribution in [2.75, 3.05) is 6.54 Å². The largest absolute Gasteiger partial charge is 0.337 e. The number of carbonyl (C=O) groups excluding carboxylic acids is 1. The zero-order valence-electron chi connectivity index (χ0n) is 21.8. The number of nitrogens with zero attached hydrogens (tertiary/aromatic N) is 3. The smallest absolute Gasteiger partial charge is 0.228 e. The highest BCUT2D eigenvalue weighted by Gasteiger charge is 2.31. The molecular formula is C29H37N3O3S. The lowest BCUT2D eigenvalue weighted by Gasteiger charge is -2.27. The molecule has 0 spiro atoms. The molecule has 1 fully saturated rings. The highest BCUT2D eigenvalue weighted by atomic mass is 32.2. The van der Waals surface area contributed by atoms with Gasteiger partial charge in [-0.05, 0) is 42.2 Å². The molecule has 1 aliphatic rings. The third-order valence-electron chi connectivity index (χ3n) is 6.40. The van der Waals surface area contributed by atoms with Gasteiger partial charge in [-0.15, -0.1) is 0 Å². The lowest BCUT2D eigenvalue weighted by atomic mass is 9.91. The Bertz CT molecular complexity index is 1290. The lowest BCUT2D eigenvalue weighted by molar-refractivity contribution is -0.134. The van der Waals surface area contributed by atoms with E-state index in [1.165, 1.54) is 0 Å². The van der Waals surface area contributed by atoms with E-state index in [0.29, 0.717) is 32.0 Å². The number of imidazole rings is 1. The summed E-state index contributed by atoms with van der Waals surface area (Å²) in [7, 11) is -3.70. The molecule has 1 aromatic heterocycles. The van der Waals surface area contributed by atoms with Crippen LogP contribution in [0.2, 0.25) is 0 Å². The van der Waals surface area contributed by atoms with Gasteiger partial charge in [0.1, 0.15) is 0 Å². The van der Waals surface area contributed by atoms with Crippen molar-refractivity contribution in [1.29, 1.82) is 0 Å². The van der Waals surface area contributed by atoms with Gasteiger partial charge in [0, 0.05) is 13.0 Å². The molecule has 3 aromatic rings. The van der Waals surface area contributed by atoms with Crippen molar-refractivity contribution in [1.82, 2.24) is 14.5 Å². The Morgan fingerprint density at radius 3 is 2.31 bits per heavy atom. The van der Waals surface area contributed by atoms with Gasteiger partial charge in [-0.2, -0.15) is 0 Å². The van der Waals surface area contributed by atoms with E-state index in [1.807, 2.05) is 66.4 Å². The molecule has 2 aromatic carbocycles. The summed E-state index contributed by atoms with van der Waals surface area (Å²) < 4.78 is 28.9. The number of aromatic nitrogens is 2. The van der Waals surface area contributed by atoms with Gasteiger partial charge in [-0.1, -0.05) is 80.9 Å². The van der Waals surface area contributed by atoms with Crippen LogP contribution in [0.1, 0.15) is 62.4 Å². The van der Waals surface area contributed by atoms with Gasteiger partial charge in [0.05, 0.1) is 30.7 Å². The maximum absolute atomic E-state index is 13.5. The molecule has 1 amide bonds. The van der Waals surface area contributed by atoms with E-state index in [4.69, 9.17) is 0 Å². The molecular weight excluding hydrogens is 470 g/mol. The van der Waals surface area contributed by atoms with Crippen LogP contribution < -0.4 is 0 Å². The first-order valence-electron chi connectivity index (χ1n) is 12.6. The van der Waals surface area contributed by atoms with Crippen LogP contribution in [0.4, 0.5) is 0 Å². The van der Waals surface area contributed by atoms with Gasteiger partial charge < -0.3 is 9.47 Å². The van der Waals surface area contributed by atoms with Crippen molar-refractivity contribution in [2.45, 2.75) is 71.0 Å². The second-order valence-electron chi connectivity index (χ2n) is 11.3. The van der Waals surface area contributed by atoms with Gasteiger partial charge in [0.25, 0.3) is 0 Å². The monoisotopic (exact) mass is 507 g/mol. The van der Waals surface area contributed by atoms with Crippen molar-refractivity contribution < 1.29 is 13.2 Å². The first-order chi connectivity index (χ1) is 17.0. The standard InChI is InChI=1S/C29H37N3O3S/c1-22-10-12-25(13-11-22)21-36(34,35)28-30-17-26(32(28)19-23-8-6-5-7-9-23)20-31(18-24-14-15-24)27(33)16-29(2,3)4/h5-13,17,24H,14-16,18-21H2,1-4H3. The Hall–Kier alpha value is -2.93. The molecule has 1 heterocycles. The fourth-order valence-electron chi connectivity index (χ4n) is 4.30. The van der Waals surface area contributed by atoms with Crippen molar-refractivity contribution >= 4 is 15.7 Å². The topological polar surface area (TPSA) is 72.3 Å². The quantitative estimate of drug-likeness (QED) is 0.369. The molecule has 1 aliphatic carbocycles. The molecule has 7 heteroatoms. The Morgan fingerprint density at radius 1 is 1.03 bits per heavy atom. The predicted octanol–water partition coefficient (Wildman–Crippen LogP) is 5.39. The second-order valence-corrected chi connectivity index (χ2v) is 13.2. The molecule has 0 saturated heterocycles. The molecule has 192 valence electrons. The van der Waals surface area contributed by atoms with E-state index in [-0.39, 0.29) is 22.2 Å². The molecule has 0 radical (unpaired) electrons. The average Bonchev–Trinajstić information content (AvgIpc) is 3.53. The van der Waals surface area contributed by atoms with E-state index >= 15 is 0 Å². The second kappa shape index (κ2) is 10.6. The van der Waals surface area contributed by atoms with Crippen LogP contribution >= 0.6 is 0 Å². The molecule has 4 rings (SSSR count). The minimum atomic E-state index is -3.70. The minimum Gasteiger partial charge on any atom is -0.337 e. The van der Waals surface area contributed by atoms with Gasteiger partial charge >= 0.3 is 0 Å². The molecule has 0 aliphatic heterocycles. The molecule has 0 bridgehead atoms. The van der Waals surface area contributed by atoms with E-state index in [0.717, 1.165) is 35.2 Å². The number of benzene rings is 2. The van der Waals surface area contributed by atoms with E-state index in [1.54, 1.807) is 10.8 Å². The van der Waals surface area contributed by atoms with E-state index in [2.05, 4.69) is 25.8 Å². The lowest BCUT2D eigenvalue weighted by Crippen LogP contribution is -2.35. The number of amides is 1. The molecule has 1 saturated carbocycles. The average molecular weight is 508 g/mol. The van der Waals surface area contributed by atoms with Crippen molar-refractivity contribution in [3.05, 3.63) is 83.2 Å². The Kier molecular flexibility index (Phi) is 7.69. The van der Waals surface area contributed by atoms with Crippen LogP contribution in [0, 0.1) is 18.3 Å². The summed E-state index contributed by atoms with van der Waals surface area (Å²) >= 11 is 0. The number of hydrogen-bond donors (Lipinski definition) is 0. The number of carbonyl (C=O) groups is 1. The van der Waals surface area contributed by atoms with Crippen molar-refractivity contribution in [3.63, 3.8) is 0 Å². The van der Waals surface area contributed by atoms with Crippen LogP contribution in [0.25, 0.3) is 0 Å². The third kappa shape index (κ3) is 7.06. The van der Waals surface area contributed by atoms with Crippen LogP contribution in [-0.2, 0) is 33.5 Å². The Morgan fingerprint density at radius 2 is 1.69 bits per heavy atom. The maximum atomic E-state index is 13.5. The molecule has 0 N–H and O–H groups in total. The summed E-state index contributed by atoms with van der Waals surface area (Å²) in [5.41, 5.74) is 3.42. The Balaban J connectivity index is 1.67. The third-order valence-corrected chi connectivity index (χ3v) is 8.00. The van der Waals surface area contributed by atoms with E-state index < -0.39 is 9.84 Å². The van der Waals surface area contributed by atoms with Gasteiger partial charge in [0.2, 0.25) is 20.9 Å². The number of rotatable bonds is 10. The predicted molar refractivity (Wildman–Crippen MR) is 142 cm³/mol. The SMILES string of the molecule is Cc1ccc(CS(=O)(=O)c2ncc(CN(CC3CC3)C(=O)CC(C)(C)C)n2Cc2ccccc2)cc1. The van der Waals surface area contributed by atoms with Gasteiger partial charge in [0.15, 0.2) is 0 Å². The summed E-state index contributed by atoms with van der Waals surface area (Å²) in [5.74, 6) is 0.517. The first-order valence-corrected chi connectivity index (χ1v) is 14.3. The van der Waals surface area contributed by atoms with E-state index in [9.17, 15) is 13.2 Å². The highest BCUT2D eigenvalue weighted by molar-refractivity contribution is 7.90.